The summed E-state index contributed by atoms with van der Waals surface area (Å²) in [6, 6.07) is 0. The average molecular weight is 876 g/mol. The topological polar surface area (TPSA) is 61.8 Å². The Balaban J connectivity index is 4.16. The van der Waals surface area contributed by atoms with E-state index in [0.29, 0.717) is 26.1 Å². The summed E-state index contributed by atoms with van der Waals surface area (Å²) in [5.74, 6) is -0.384. The lowest BCUT2D eigenvalue weighted by Crippen LogP contribution is -2.30. The Morgan fingerprint density at radius 1 is 0.339 bits per heavy atom. The van der Waals surface area contributed by atoms with Crippen LogP contribution in [0.4, 0.5) is 0 Å². The standard InChI is InChI=1S/C57H110O5/c1-4-7-10-13-16-19-22-24-26-28-29-30-31-33-36-39-42-45-48-51-57(59)62-55(54-61-56(58)50-47-44-41-38-35-21-18-15-12-9-6-3)53-60-52-49-46-43-40-37-34-32-27-25-23-20-17-14-11-8-5-2/h15,18,55H,4-14,16-17,19-54H2,1-3H3/b18-15-/t55-/m1/s1. The van der Waals surface area contributed by atoms with Crippen molar-refractivity contribution in [2.75, 3.05) is 19.8 Å². The molecule has 0 N–H and O–H groups in total. The SMILES string of the molecule is CCCC/C=C\CCCCCCCC(=O)OC[C@@H](COCCCCCCCCCCCCCCCCCC)OC(=O)CCCCCCCCCCCCCCCCCCCCC. The molecule has 0 aliphatic carbocycles. The molecule has 5 nitrogen and oxygen atoms in total. The van der Waals surface area contributed by atoms with Gasteiger partial charge in [0.2, 0.25) is 0 Å². The number of ether oxygens (including phenoxy) is 3. The van der Waals surface area contributed by atoms with Crippen LogP contribution < -0.4 is 0 Å². The molecule has 0 aliphatic rings. The monoisotopic (exact) mass is 875 g/mol. The molecule has 5 heteroatoms. The number of allylic oxidation sites excluding steroid dienone is 2. The molecule has 0 radical (unpaired) electrons. The molecule has 0 saturated carbocycles. The zero-order valence-corrected chi connectivity index (χ0v) is 42.4. The van der Waals surface area contributed by atoms with E-state index in [-0.39, 0.29) is 18.5 Å². The van der Waals surface area contributed by atoms with E-state index in [9.17, 15) is 9.59 Å². The van der Waals surface area contributed by atoms with Crippen molar-refractivity contribution in [2.45, 2.75) is 322 Å². The van der Waals surface area contributed by atoms with Crippen LogP contribution in [0.1, 0.15) is 316 Å². The van der Waals surface area contributed by atoms with E-state index in [1.807, 2.05) is 0 Å². The molecule has 0 unspecified atom stereocenters. The Bertz CT molecular complexity index is 902. The first-order valence-corrected chi connectivity index (χ1v) is 28.2. The highest BCUT2D eigenvalue weighted by Gasteiger charge is 2.17. The second-order valence-corrected chi connectivity index (χ2v) is 19.2. The highest BCUT2D eigenvalue weighted by molar-refractivity contribution is 5.70. The third-order valence-electron chi connectivity index (χ3n) is 12.8. The van der Waals surface area contributed by atoms with Crippen molar-refractivity contribution in [3.63, 3.8) is 0 Å². The summed E-state index contributed by atoms with van der Waals surface area (Å²) in [6.07, 6.45) is 62.3. The minimum atomic E-state index is -0.529. The molecule has 1 atom stereocenters. The Hall–Kier alpha value is -1.36. The van der Waals surface area contributed by atoms with Crippen LogP contribution in [0.5, 0.6) is 0 Å². The average Bonchev–Trinajstić information content (AvgIpc) is 3.27. The molecule has 0 fully saturated rings. The van der Waals surface area contributed by atoms with Gasteiger partial charge < -0.3 is 14.2 Å². The molecule has 0 rings (SSSR count). The summed E-state index contributed by atoms with van der Waals surface area (Å²) in [4.78, 5) is 25.4. The van der Waals surface area contributed by atoms with Gasteiger partial charge in [-0.1, -0.05) is 277 Å². The summed E-state index contributed by atoms with van der Waals surface area (Å²) in [5, 5.41) is 0. The van der Waals surface area contributed by atoms with Crippen LogP contribution in [0.25, 0.3) is 0 Å². The lowest BCUT2D eigenvalue weighted by atomic mass is 10.0. The van der Waals surface area contributed by atoms with E-state index in [2.05, 4.69) is 32.9 Å². The van der Waals surface area contributed by atoms with Crippen molar-refractivity contribution in [3.05, 3.63) is 12.2 Å². The Morgan fingerprint density at radius 3 is 1.03 bits per heavy atom. The summed E-state index contributed by atoms with van der Waals surface area (Å²) in [6.45, 7) is 7.86. The zero-order valence-electron chi connectivity index (χ0n) is 42.4. The Morgan fingerprint density at radius 2 is 0.645 bits per heavy atom. The lowest BCUT2D eigenvalue weighted by molar-refractivity contribution is -0.163. The van der Waals surface area contributed by atoms with Gasteiger partial charge in [-0.3, -0.25) is 9.59 Å². The van der Waals surface area contributed by atoms with Gasteiger partial charge in [-0.05, 0) is 38.5 Å². The number of esters is 2. The minimum absolute atomic E-state index is 0.0904. The van der Waals surface area contributed by atoms with Crippen molar-refractivity contribution in [2.24, 2.45) is 0 Å². The van der Waals surface area contributed by atoms with E-state index in [0.717, 1.165) is 44.9 Å². The van der Waals surface area contributed by atoms with E-state index in [1.165, 1.54) is 238 Å². The van der Waals surface area contributed by atoms with Crippen LogP contribution in [0, 0.1) is 0 Å². The number of hydrogen-bond donors (Lipinski definition) is 0. The highest BCUT2D eigenvalue weighted by atomic mass is 16.6. The van der Waals surface area contributed by atoms with Crippen molar-refractivity contribution < 1.29 is 23.8 Å². The molecule has 0 aromatic heterocycles. The maximum Gasteiger partial charge on any atom is 0.306 e. The molecule has 0 heterocycles. The van der Waals surface area contributed by atoms with Crippen molar-refractivity contribution in [1.82, 2.24) is 0 Å². The number of rotatable bonds is 53. The molecule has 368 valence electrons. The summed E-state index contributed by atoms with van der Waals surface area (Å²) < 4.78 is 17.5. The second-order valence-electron chi connectivity index (χ2n) is 19.2. The van der Waals surface area contributed by atoms with Crippen LogP contribution >= 0.6 is 0 Å². The van der Waals surface area contributed by atoms with Crippen molar-refractivity contribution >= 4 is 11.9 Å². The predicted molar refractivity (Wildman–Crippen MR) is 270 cm³/mol. The largest absolute Gasteiger partial charge is 0.462 e. The summed E-state index contributed by atoms with van der Waals surface area (Å²) >= 11 is 0. The summed E-state index contributed by atoms with van der Waals surface area (Å²) in [7, 11) is 0. The van der Waals surface area contributed by atoms with Crippen LogP contribution in [0.2, 0.25) is 0 Å². The fourth-order valence-electron chi connectivity index (χ4n) is 8.55. The van der Waals surface area contributed by atoms with Crippen LogP contribution in [-0.2, 0) is 23.8 Å². The molecule has 0 aromatic carbocycles. The van der Waals surface area contributed by atoms with Crippen LogP contribution in [-0.4, -0.2) is 37.9 Å². The molecule has 0 aromatic rings. The van der Waals surface area contributed by atoms with Gasteiger partial charge in [0, 0.05) is 19.4 Å². The molecular weight excluding hydrogens is 765 g/mol. The quantitative estimate of drug-likeness (QED) is 0.0346. The Labute approximate surface area is 388 Å². The first-order chi connectivity index (χ1) is 30.6. The van der Waals surface area contributed by atoms with E-state index < -0.39 is 6.10 Å². The van der Waals surface area contributed by atoms with Gasteiger partial charge in [0.05, 0.1) is 6.61 Å². The first kappa shape index (κ1) is 60.6. The smallest absolute Gasteiger partial charge is 0.306 e. The van der Waals surface area contributed by atoms with Crippen molar-refractivity contribution in [3.8, 4) is 0 Å². The predicted octanol–water partition coefficient (Wildman–Crippen LogP) is 19.0. The fraction of sp³-hybridized carbons (Fsp3) is 0.930. The van der Waals surface area contributed by atoms with Gasteiger partial charge in [-0.15, -0.1) is 0 Å². The minimum Gasteiger partial charge on any atom is -0.462 e. The fourth-order valence-corrected chi connectivity index (χ4v) is 8.55. The van der Waals surface area contributed by atoms with E-state index >= 15 is 0 Å². The van der Waals surface area contributed by atoms with Gasteiger partial charge in [-0.25, -0.2) is 0 Å². The van der Waals surface area contributed by atoms with Gasteiger partial charge in [0.1, 0.15) is 6.61 Å². The Kier molecular flexibility index (Phi) is 52.8. The van der Waals surface area contributed by atoms with Gasteiger partial charge in [-0.2, -0.15) is 0 Å². The number of carbonyl (C=O) groups is 2. The number of carbonyl (C=O) groups excluding carboxylic acids is 2. The molecule has 0 aliphatic heterocycles. The lowest BCUT2D eigenvalue weighted by Gasteiger charge is -2.18. The molecule has 0 saturated heterocycles. The maximum absolute atomic E-state index is 12.8. The number of unbranched alkanes of at least 4 members (excludes halogenated alkanes) is 40. The van der Waals surface area contributed by atoms with E-state index in [1.54, 1.807) is 0 Å². The molecule has 0 amide bonds. The molecule has 62 heavy (non-hydrogen) atoms. The first-order valence-electron chi connectivity index (χ1n) is 28.2. The molecule has 0 spiro atoms. The maximum atomic E-state index is 12.8. The van der Waals surface area contributed by atoms with Crippen LogP contribution in [0.15, 0.2) is 12.2 Å². The van der Waals surface area contributed by atoms with Crippen molar-refractivity contribution in [1.29, 1.82) is 0 Å². The molecular formula is C57H110O5. The highest BCUT2D eigenvalue weighted by Crippen LogP contribution is 2.17. The van der Waals surface area contributed by atoms with Gasteiger partial charge >= 0.3 is 11.9 Å². The molecule has 0 bridgehead atoms. The third-order valence-corrected chi connectivity index (χ3v) is 12.8. The normalized spacial score (nSPS) is 12.1. The van der Waals surface area contributed by atoms with E-state index in [4.69, 9.17) is 14.2 Å². The number of hydrogen-bond acceptors (Lipinski definition) is 5. The van der Waals surface area contributed by atoms with Gasteiger partial charge in [0.15, 0.2) is 6.10 Å². The zero-order chi connectivity index (χ0) is 44.9. The third kappa shape index (κ3) is 51.3. The second kappa shape index (κ2) is 54.0. The van der Waals surface area contributed by atoms with Gasteiger partial charge in [0.25, 0.3) is 0 Å². The van der Waals surface area contributed by atoms with Crippen LogP contribution in [0.3, 0.4) is 0 Å². The summed E-state index contributed by atoms with van der Waals surface area (Å²) in [5.41, 5.74) is 0.